The number of ether oxygens (including phenoxy) is 2. The average Bonchev–Trinajstić information content (AvgIpc) is 4.04. The largest absolute Gasteiger partial charge is 0.448 e. The number of aryl methyl sites for hydroxylation is 1. The Labute approximate surface area is 433 Å². The van der Waals surface area contributed by atoms with E-state index in [-0.39, 0.29) is 32.9 Å². The molecule has 0 saturated carbocycles. The number of thioether (sulfide) groups is 2. The van der Waals surface area contributed by atoms with E-state index in [1.807, 2.05) is 152 Å². The number of hydrogen-bond acceptors (Lipinski definition) is 15. The molecule has 2 atom stereocenters. The van der Waals surface area contributed by atoms with Crippen LogP contribution in [0.25, 0.3) is 0 Å². The highest BCUT2D eigenvalue weighted by molar-refractivity contribution is 8.03. The summed E-state index contributed by atoms with van der Waals surface area (Å²) >= 11 is 9.10. The Hall–Kier alpha value is -7.45. The zero-order valence-electron chi connectivity index (χ0n) is 39.2. The van der Waals surface area contributed by atoms with Crippen molar-refractivity contribution in [3.05, 3.63) is 208 Å². The molecule has 15 nitrogen and oxygen atoms in total. The molecule has 0 bridgehead atoms. The first-order valence-electron chi connectivity index (χ1n) is 22.5. The van der Waals surface area contributed by atoms with Crippen LogP contribution in [-0.2, 0) is 41.3 Å². The van der Waals surface area contributed by atoms with Gasteiger partial charge in [-0.1, -0.05) is 181 Å². The van der Waals surface area contributed by atoms with Gasteiger partial charge in [0.25, 0.3) is 11.8 Å². The molecule has 7 aromatic rings. The summed E-state index contributed by atoms with van der Waals surface area (Å²) in [5.41, 5.74) is 1.35. The number of fused-ring (bicyclic) bond motifs is 1. The molecule has 5 aromatic carbocycles. The van der Waals surface area contributed by atoms with E-state index in [1.165, 1.54) is 28.4 Å². The molecule has 0 spiro atoms. The number of esters is 1. The average molecular weight is 1040 g/mol. The van der Waals surface area contributed by atoms with E-state index in [9.17, 15) is 9.59 Å². The monoisotopic (exact) mass is 1030 g/mol. The minimum atomic E-state index is -1.41. The number of rotatable bonds is 16. The molecule has 1 saturated heterocycles. The number of hydrogen-bond donors (Lipinski definition) is 2. The van der Waals surface area contributed by atoms with E-state index < -0.39 is 51.9 Å². The van der Waals surface area contributed by atoms with Gasteiger partial charge in [0.15, 0.2) is 22.1 Å². The molecular formula is C53H46N8O7S4. The highest BCUT2D eigenvalue weighted by Crippen LogP contribution is 2.45. The van der Waals surface area contributed by atoms with Crippen molar-refractivity contribution < 1.29 is 33.5 Å². The van der Waals surface area contributed by atoms with Crippen molar-refractivity contribution in [3.8, 4) is 0 Å². The minimum Gasteiger partial charge on any atom is -0.448 e. The summed E-state index contributed by atoms with van der Waals surface area (Å²) in [4.78, 5) is 70.1. The maximum absolute atomic E-state index is 15.4. The minimum absolute atomic E-state index is 0.0439. The van der Waals surface area contributed by atoms with Crippen LogP contribution in [0.5, 0.6) is 0 Å². The predicted octanol–water partition coefficient (Wildman–Crippen LogP) is 9.44. The van der Waals surface area contributed by atoms with Gasteiger partial charge < -0.3 is 24.2 Å². The lowest BCUT2D eigenvalue weighted by Gasteiger charge is -2.47. The van der Waals surface area contributed by atoms with Gasteiger partial charge in [-0.15, -0.1) is 33.3 Å². The zero-order chi connectivity index (χ0) is 50.4. The van der Waals surface area contributed by atoms with Crippen molar-refractivity contribution >= 4 is 86.7 Å². The van der Waals surface area contributed by atoms with Gasteiger partial charge in [-0.05, 0) is 31.9 Å². The van der Waals surface area contributed by atoms with Gasteiger partial charge in [-0.3, -0.25) is 19.8 Å². The Morgan fingerprint density at radius 1 is 0.819 bits per heavy atom. The van der Waals surface area contributed by atoms with Crippen molar-refractivity contribution in [1.82, 2.24) is 30.0 Å². The Kier molecular flexibility index (Phi) is 14.8. The summed E-state index contributed by atoms with van der Waals surface area (Å²) in [5, 5.41) is 19.2. The quantitative estimate of drug-likeness (QED) is 0.0178. The van der Waals surface area contributed by atoms with E-state index >= 15 is 9.59 Å². The van der Waals surface area contributed by atoms with Crippen LogP contribution in [0.1, 0.15) is 60.4 Å². The number of carbonyl (C=O) groups excluding carboxylic acids is 4. The number of anilines is 1. The maximum Gasteiger partial charge on any atom is 0.413 e. The molecule has 0 radical (unpaired) electrons. The summed E-state index contributed by atoms with van der Waals surface area (Å²) in [7, 11) is 1.78. The number of carbonyl (C=O) groups is 4. The van der Waals surface area contributed by atoms with Crippen molar-refractivity contribution in [2.75, 3.05) is 11.1 Å². The normalized spacial score (nSPS) is 15.9. The van der Waals surface area contributed by atoms with Crippen LogP contribution in [0.4, 0.5) is 9.93 Å². The molecule has 3 amide bonds. The Morgan fingerprint density at radius 3 is 1.88 bits per heavy atom. The SMILES string of the molecule is Cn1cnnc1SCC1=C(C(=O)OC(c2ccccc2)c2ccccc2)N2C(=O)C(=S)[C@@H]2SC1NC(=O)C(=NOC(c1ccccc1)(c1ccccc1)c1ccccc1)c1csc(NC(=O)OC(C)(C)C)n1. The molecule has 9 rings (SSSR count). The number of β-lactam (4-membered cyclic amide) rings is 1. The fourth-order valence-corrected chi connectivity index (χ4v) is 11.5. The van der Waals surface area contributed by atoms with E-state index in [4.69, 9.17) is 31.7 Å². The number of nitrogens with one attached hydrogen (secondary N) is 2. The Morgan fingerprint density at radius 2 is 1.36 bits per heavy atom. The van der Waals surface area contributed by atoms with Gasteiger partial charge in [0.1, 0.15) is 38.9 Å². The molecule has 19 heteroatoms. The number of oxime groups is 1. The van der Waals surface area contributed by atoms with E-state index in [2.05, 4.69) is 25.8 Å². The van der Waals surface area contributed by atoms with Crippen LogP contribution in [0.15, 0.2) is 185 Å². The maximum atomic E-state index is 15.4. The van der Waals surface area contributed by atoms with Crippen LogP contribution < -0.4 is 10.6 Å². The molecule has 4 heterocycles. The highest BCUT2D eigenvalue weighted by Gasteiger charge is 2.54. The smallest absolute Gasteiger partial charge is 0.413 e. The van der Waals surface area contributed by atoms with Crippen molar-refractivity contribution in [1.29, 1.82) is 0 Å². The third-order valence-corrected chi connectivity index (χ3v) is 15.1. The topological polar surface area (TPSA) is 179 Å². The summed E-state index contributed by atoms with van der Waals surface area (Å²) in [6.07, 6.45) is -0.0709. The lowest BCUT2D eigenvalue weighted by atomic mass is 9.80. The van der Waals surface area contributed by atoms with Crippen molar-refractivity contribution in [3.63, 3.8) is 0 Å². The fourth-order valence-electron chi connectivity index (χ4n) is 8.01. The van der Waals surface area contributed by atoms with Gasteiger partial charge in [-0.25, -0.2) is 14.6 Å². The molecule has 72 heavy (non-hydrogen) atoms. The molecular weight excluding hydrogens is 989 g/mol. The number of nitrogens with zero attached hydrogens (tertiary/aromatic N) is 6. The predicted molar refractivity (Wildman–Crippen MR) is 281 cm³/mol. The number of aromatic nitrogens is 4. The number of thiazole rings is 1. The van der Waals surface area contributed by atoms with Crippen LogP contribution in [0, 0.1) is 0 Å². The molecule has 2 aliphatic rings. The van der Waals surface area contributed by atoms with E-state index in [0.717, 1.165) is 11.3 Å². The Bertz CT molecular complexity index is 3030. The molecule has 2 aliphatic heterocycles. The molecule has 2 N–H and O–H groups in total. The number of benzene rings is 5. The van der Waals surface area contributed by atoms with Crippen LogP contribution in [0.2, 0.25) is 0 Å². The van der Waals surface area contributed by atoms with Crippen molar-refractivity contribution in [2.24, 2.45) is 12.2 Å². The molecule has 0 aliphatic carbocycles. The standard InChI is InChI=1S/C53H46N8O7S4/c1-52(2,3)67-51(65)57-49-55-39(31-70-49)40(59-68-53(35-24-14-7-15-25-35,36-26-16-8-17-27-36)37-28-18-9-19-29-37)44(62)56-45-38(30-71-50-58-54-32-60(50)4)41(61-46(63)43(69)47(61)72-45)48(64)66-42(33-20-10-5-11-21-33)34-22-12-6-13-23-34/h5-29,31-32,42,45,47H,30H2,1-4H3,(H,56,62)(H,55,57,65)/t45?,47-/m0/s1. The summed E-state index contributed by atoms with van der Waals surface area (Å²) < 4.78 is 13.6. The van der Waals surface area contributed by atoms with Gasteiger partial charge in [0.05, 0.1) is 0 Å². The summed E-state index contributed by atoms with van der Waals surface area (Å²) in [5.74, 6) is -2.06. The summed E-state index contributed by atoms with van der Waals surface area (Å²) in [6, 6.07) is 47.1. The number of thiocarbonyl (C=S) groups is 1. The van der Waals surface area contributed by atoms with Crippen LogP contribution >= 0.6 is 47.1 Å². The van der Waals surface area contributed by atoms with Gasteiger partial charge >= 0.3 is 12.1 Å². The van der Waals surface area contributed by atoms with E-state index in [1.54, 1.807) is 44.1 Å². The van der Waals surface area contributed by atoms with Crippen molar-refractivity contribution in [2.45, 2.75) is 54.0 Å². The fraction of sp³-hybridized carbons (Fsp3) is 0.189. The molecule has 1 fully saturated rings. The van der Waals surface area contributed by atoms with Gasteiger partial charge in [-0.2, -0.15) is 0 Å². The van der Waals surface area contributed by atoms with E-state index in [0.29, 0.717) is 38.5 Å². The molecule has 2 aromatic heterocycles. The Balaban J connectivity index is 1.16. The van der Waals surface area contributed by atoms with Gasteiger partial charge in [0, 0.05) is 40.4 Å². The van der Waals surface area contributed by atoms with Gasteiger partial charge in [0.2, 0.25) is 5.60 Å². The first-order chi connectivity index (χ1) is 34.8. The highest BCUT2D eigenvalue weighted by atomic mass is 32.2. The van der Waals surface area contributed by atoms with Crippen LogP contribution in [-0.4, -0.2) is 81.2 Å². The zero-order valence-corrected chi connectivity index (χ0v) is 42.5. The third kappa shape index (κ3) is 10.6. The molecule has 1 unspecified atom stereocenters. The van der Waals surface area contributed by atoms with Crippen LogP contribution in [0.3, 0.4) is 0 Å². The second-order valence-electron chi connectivity index (χ2n) is 17.4. The summed E-state index contributed by atoms with van der Waals surface area (Å²) in [6.45, 7) is 5.22. The molecule has 364 valence electrons. The lowest BCUT2D eigenvalue weighted by molar-refractivity contribution is -0.147. The third-order valence-electron chi connectivity index (χ3n) is 11.3. The second kappa shape index (κ2) is 21.5. The lowest BCUT2D eigenvalue weighted by Crippen LogP contribution is -2.64. The first kappa shape index (κ1) is 49.5. The first-order valence-corrected chi connectivity index (χ1v) is 25.8. The number of amides is 3. The second-order valence-corrected chi connectivity index (χ2v) is 20.8.